The summed E-state index contributed by atoms with van der Waals surface area (Å²) in [6.45, 7) is 4.54. The molecular weight excluding hydrogens is 476 g/mol. The first-order chi connectivity index (χ1) is 18.0. The van der Waals surface area contributed by atoms with Crippen LogP contribution in [-0.4, -0.2) is 29.0 Å². The van der Waals surface area contributed by atoms with E-state index in [-0.39, 0.29) is 11.7 Å². The van der Waals surface area contributed by atoms with Gasteiger partial charge in [-0.25, -0.2) is 0 Å². The quantitative estimate of drug-likeness (QED) is 0.133. The molecule has 0 spiro atoms. The summed E-state index contributed by atoms with van der Waals surface area (Å²) in [7, 11) is 0. The van der Waals surface area contributed by atoms with Gasteiger partial charge in [0.05, 0.1) is 11.3 Å². The van der Waals surface area contributed by atoms with Crippen molar-refractivity contribution in [2.45, 2.75) is 18.7 Å². The highest BCUT2D eigenvalue weighted by atomic mass is 32.2. The van der Waals surface area contributed by atoms with Crippen LogP contribution < -0.4 is 5.32 Å². The average molecular weight is 505 g/mol. The molecule has 0 aliphatic heterocycles. The second-order valence-electron chi connectivity index (χ2n) is 9.09. The van der Waals surface area contributed by atoms with Gasteiger partial charge in [-0.15, -0.1) is 11.8 Å². The van der Waals surface area contributed by atoms with Crippen molar-refractivity contribution < 1.29 is 9.59 Å². The summed E-state index contributed by atoms with van der Waals surface area (Å²) in [6.07, 6.45) is 0. The van der Waals surface area contributed by atoms with E-state index in [0.29, 0.717) is 29.0 Å². The molecule has 0 fully saturated rings. The number of carbonyl (C=O) groups excluding carboxylic acids is 2. The van der Waals surface area contributed by atoms with Crippen LogP contribution in [0.25, 0.3) is 22.2 Å². The molecule has 0 saturated carbocycles. The number of thioether (sulfide) groups is 1. The molecule has 0 aliphatic carbocycles. The monoisotopic (exact) mass is 504 g/mol. The third-order valence-electron chi connectivity index (χ3n) is 6.36. The van der Waals surface area contributed by atoms with Crippen LogP contribution in [0, 0.1) is 13.8 Å². The van der Waals surface area contributed by atoms with Crippen molar-refractivity contribution in [3.8, 4) is 11.3 Å². The van der Waals surface area contributed by atoms with Crippen molar-refractivity contribution >= 4 is 34.4 Å². The Balaban J connectivity index is 1.30. The molecule has 1 amide bonds. The smallest absolute Gasteiger partial charge is 0.252 e. The van der Waals surface area contributed by atoms with E-state index >= 15 is 0 Å². The number of H-pyrrole nitrogens is 1. The van der Waals surface area contributed by atoms with Crippen LogP contribution in [0.3, 0.4) is 0 Å². The molecule has 0 saturated heterocycles. The molecule has 5 rings (SSSR count). The Bertz CT molecular complexity index is 1570. The number of para-hydroxylation sites is 1. The molecule has 0 radical (unpaired) electrons. The van der Waals surface area contributed by atoms with Crippen molar-refractivity contribution in [1.82, 2.24) is 10.3 Å². The number of nitrogens with one attached hydrogen (secondary N) is 2. The molecule has 5 heteroatoms. The van der Waals surface area contributed by atoms with E-state index in [9.17, 15) is 9.59 Å². The summed E-state index contributed by atoms with van der Waals surface area (Å²) in [4.78, 5) is 30.9. The third kappa shape index (κ3) is 5.37. The van der Waals surface area contributed by atoms with E-state index in [1.54, 1.807) is 48.2 Å². The lowest BCUT2D eigenvalue weighted by Gasteiger charge is -2.10. The Morgan fingerprint density at radius 2 is 1.38 bits per heavy atom. The lowest BCUT2D eigenvalue weighted by molar-refractivity contribution is 0.0944. The standard InChI is InChI=1S/C32H28N2O2S/c1-21-11-15-23(16-12-21)29-31(27-9-5-6-10-28(27)34-29)37-20-19-33-32(36)26-8-4-3-7-25(26)30(35)24-17-13-22(2)14-18-24/h3-18,34H,19-20H2,1-2H3,(H,33,36). The number of hydrogen-bond acceptors (Lipinski definition) is 3. The van der Waals surface area contributed by atoms with Gasteiger partial charge in [0.1, 0.15) is 0 Å². The fraction of sp³-hybridized carbons (Fsp3) is 0.125. The molecule has 1 aromatic heterocycles. The maximum Gasteiger partial charge on any atom is 0.252 e. The Kier molecular flexibility index (Phi) is 7.24. The highest BCUT2D eigenvalue weighted by Gasteiger charge is 2.18. The number of benzene rings is 4. The number of aromatic nitrogens is 1. The average Bonchev–Trinajstić information content (AvgIpc) is 3.30. The number of aromatic amines is 1. The van der Waals surface area contributed by atoms with Crippen LogP contribution in [0.15, 0.2) is 102 Å². The van der Waals surface area contributed by atoms with Crippen LogP contribution >= 0.6 is 11.8 Å². The summed E-state index contributed by atoms with van der Waals surface area (Å²) in [5.41, 5.74) is 7.00. The number of hydrogen-bond donors (Lipinski definition) is 2. The molecule has 4 aromatic carbocycles. The van der Waals surface area contributed by atoms with Gasteiger partial charge in [-0.1, -0.05) is 96.1 Å². The maximum absolute atomic E-state index is 13.1. The lowest BCUT2D eigenvalue weighted by atomic mass is 9.97. The van der Waals surface area contributed by atoms with Crippen molar-refractivity contribution in [1.29, 1.82) is 0 Å². The van der Waals surface area contributed by atoms with Crippen LogP contribution in [0.4, 0.5) is 0 Å². The summed E-state index contributed by atoms with van der Waals surface area (Å²) in [6, 6.07) is 31.2. The number of ketones is 1. The first-order valence-electron chi connectivity index (χ1n) is 12.3. The van der Waals surface area contributed by atoms with Crippen LogP contribution in [0.2, 0.25) is 0 Å². The number of fused-ring (bicyclic) bond motifs is 1. The van der Waals surface area contributed by atoms with Gasteiger partial charge >= 0.3 is 0 Å². The number of aryl methyl sites for hydroxylation is 2. The highest BCUT2D eigenvalue weighted by molar-refractivity contribution is 7.99. The normalized spacial score (nSPS) is 11.0. The Morgan fingerprint density at radius 1 is 0.757 bits per heavy atom. The van der Waals surface area contributed by atoms with E-state index in [1.807, 2.05) is 31.2 Å². The zero-order chi connectivity index (χ0) is 25.8. The van der Waals surface area contributed by atoms with Gasteiger partial charge in [-0.3, -0.25) is 9.59 Å². The molecule has 1 heterocycles. The van der Waals surface area contributed by atoms with Crippen molar-refractivity contribution in [2.75, 3.05) is 12.3 Å². The van der Waals surface area contributed by atoms with E-state index in [4.69, 9.17) is 0 Å². The van der Waals surface area contributed by atoms with E-state index in [1.165, 1.54) is 15.8 Å². The highest BCUT2D eigenvalue weighted by Crippen LogP contribution is 2.37. The Morgan fingerprint density at radius 3 is 2.11 bits per heavy atom. The van der Waals surface area contributed by atoms with Gasteiger partial charge in [-0.2, -0.15) is 0 Å². The van der Waals surface area contributed by atoms with Gasteiger partial charge in [0.15, 0.2) is 5.78 Å². The molecule has 0 bridgehead atoms. The molecule has 5 aromatic rings. The van der Waals surface area contributed by atoms with Crippen molar-refractivity contribution in [3.63, 3.8) is 0 Å². The minimum absolute atomic E-state index is 0.151. The van der Waals surface area contributed by atoms with Crippen molar-refractivity contribution in [3.05, 3.63) is 125 Å². The number of amides is 1. The zero-order valence-corrected chi connectivity index (χ0v) is 21.7. The minimum Gasteiger partial charge on any atom is -0.354 e. The summed E-state index contributed by atoms with van der Waals surface area (Å²) >= 11 is 1.72. The fourth-order valence-electron chi connectivity index (χ4n) is 4.34. The molecule has 184 valence electrons. The molecule has 4 nitrogen and oxygen atoms in total. The third-order valence-corrected chi connectivity index (χ3v) is 7.48. The minimum atomic E-state index is -0.241. The fourth-order valence-corrected chi connectivity index (χ4v) is 5.40. The van der Waals surface area contributed by atoms with Gasteiger partial charge in [0, 0.05) is 39.2 Å². The van der Waals surface area contributed by atoms with Crippen molar-refractivity contribution in [2.24, 2.45) is 0 Å². The molecule has 0 atom stereocenters. The molecule has 2 N–H and O–H groups in total. The predicted molar refractivity (Wildman–Crippen MR) is 153 cm³/mol. The van der Waals surface area contributed by atoms with E-state index in [2.05, 4.69) is 53.6 Å². The predicted octanol–water partition coefficient (Wildman–Crippen LogP) is 7.20. The van der Waals surface area contributed by atoms with E-state index in [0.717, 1.165) is 22.3 Å². The van der Waals surface area contributed by atoms with Gasteiger partial charge in [0.25, 0.3) is 5.91 Å². The topological polar surface area (TPSA) is 62.0 Å². The maximum atomic E-state index is 13.1. The Labute approximate surface area is 221 Å². The van der Waals surface area contributed by atoms with E-state index < -0.39 is 0 Å². The Hall–Kier alpha value is -4.09. The number of rotatable bonds is 8. The first-order valence-corrected chi connectivity index (χ1v) is 13.3. The number of carbonyl (C=O) groups is 2. The molecule has 37 heavy (non-hydrogen) atoms. The second kappa shape index (κ2) is 10.9. The SMILES string of the molecule is Cc1ccc(C(=O)c2ccccc2C(=O)NCCSc2c(-c3ccc(C)cc3)[nH]c3ccccc23)cc1. The molecule has 0 unspecified atom stereocenters. The largest absolute Gasteiger partial charge is 0.354 e. The van der Waals surface area contributed by atoms with Gasteiger partial charge < -0.3 is 10.3 Å². The van der Waals surface area contributed by atoms with Gasteiger partial charge in [0.2, 0.25) is 0 Å². The van der Waals surface area contributed by atoms with Crippen LogP contribution in [0.1, 0.15) is 37.4 Å². The van der Waals surface area contributed by atoms with Crippen LogP contribution in [-0.2, 0) is 0 Å². The van der Waals surface area contributed by atoms with Crippen LogP contribution in [0.5, 0.6) is 0 Å². The van der Waals surface area contributed by atoms with Gasteiger partial charge in [-0.05, 0) is 31.5 Å². The zero-order valence-electron chi connectivity index (χ0n) is 20.9. The first kappa shape index (κ1) is 24.6. The molecule has 0 aliphatic rings. The summed E-state index contributed by atoms with van der Waals surface area (Å²) in [5.74, 6) is 0.302. The molecular formula is C32H28N2O2S. The lowest BCUT2D eigenvalue weighted by Crippen LogP contribution is -2.27. The second-order valence-corrected chi connectivity index (χ2v) is 10.2. The summed E-state index contributed by atoms with van der Waals surface area (Å²) in [5, 5.41) is 4.18. The summed E-state index contributed by atoms with van der Waals surface area (Å²) < 4.78 is 0.